The van der Waals surface area contributed by atoms with Crippen LogP contribution in [0.2, 0.25) is 0 Å². The van der Waals surface area contributed by atoms with Crippen molar-refractivity contribution in [2.45, 2.75) is 386 Å². The van der Waals surface area contributed by atoms with Gasteiger partial charge in [0, 0.05) is 19.3 Å². The molecular formula is C71H132O6. The summed E-state index contributed by atoms with van der Waals surface area (Å²) in [5.41, 5.74) is 0. The van der Waals surface area contributed by atoms with E-state index in [2.05, 4.69) is 57.2 Å². The molecule has 0 fully saturated rings. The third-order valence-electron chi connectivity index (χ3n) is 15.6. The normalized spacial score (nSPS) is 12.2. The Morgan fingerprint density at radius 2 is 0.494 bits per heavy atom. The molecule has 0 aromatic heterocycles. The van der Waals surface area contributed by atoms with Crippen LogP contribution in [0.4, 0.5) is 0 Å². The molecule has 77 heavy (non-hydrogen) atoms. The molecule has 6 heteroatoms. The van der Waals surface area contributed by atoms with E-state index in [1.807, 2.05) is 0 Å². The van der Waals surface area contributed by atoms with Gasteiger partial charge in [-0.25, -0.2) is 0 Å². The lowest BCUT2D eigenvalue weighted by molar-refractivity contribution is -0.167. The second-order valence-electron chi connectivity index (χ2n) is 23.4. The Labute approximate surface area is 480 Å². The van der Waals surface area contributed by atoms with Crippen molar-refractivity contribution in [3.63, 3.8) is 0 Å². The van der Waals surface area contributed by atoms with Crippen LogP contribution in [-0.4, -0.2) is 37.2 Å². The highest BCUT2D eigenvalue weighted by molar-refractivity contribution is 5.71. The lowest BCUT2D eigenvalue weighted by atomic mass is 10.0. The van der Waals surface area contributed by atoms with Gasteiger partial charge in [0.1, 0.15) is 13.2 Å². The first-order valence-electron chi connectivity index (χ1n) is 34.5. The third-order valence-corrected chi connectivity index (χ3v) is 15.6. The Morgan fingerprint density at radius 1 is 0.260 bits per heavy atom. The standard InChI is InChI=1S/C71H132O6/c1-4-7-10-13-16-19-22-25-27-29-31-33-35-37-39-41-43-46-49-52-55-58-61-64-70(73)76-67-68(66-75-69(72)63-60-57-54-51-48-45-24-21-18-15-12-9-6-3)77-71(74)65-62-59-56-53-50-47-44-42-40-38-36-34-32-30-28-26-23-20-17-14-11-8-5-2/h12,15,21,24,29,31,68H,4-11,13-14,16-20,22-23,25-28,30,32-67H2,1-3H3/b15-12-,24-21-,31-29-. The quantitative estimate of drug-likeness (QED) is 0.0261. The average molecular weight is 1080 g/mol. The average Bonchev–Trinajstić information content (AvgIpc) is 3.43. The van der Waals surface area contributed by atoms with Crippen molar-refractivity contribution in [2.24, 2.45) is 0 Å². The molecular weight excluding hydrogens is 949 g/mol. The molecule has 1 atom stereocenters. The van der Waals surface area contributed by atoms with Crippen molar-refractivity contribution in [3.8, 4) is 0 Å². The highest BCUT2D eigenvalue weighted by atomic mass is 16.6. The Morgan fingerprint density at radius 3 is 0.779 bits per heavy atom. The molecule has 0 saturated carbocycles. The van der Waals surface area contributed by atoms with Gasteiger partial charge in [0.25, 0.3) is 0 Å². The number of hydrogen-bond acceptors (Lipinski definition) is 6. The summed E-state index contributed by atoms with van der Waals surface area (Å²) in [7, 11) is 0. The molecule has 0 radical (unpaired) electrons. The smallest absolute Gasteiger partial charge is 0.306 e. The van der Waals surface area contributed by atoms with Gasteiger partial charge in [0.05, 0.1) is 0 Å². The van der Waals surface area contributed by atoms with E-state index in [4.69, 9.17) is 14.2 Å². The fourth-order valence-electron chi connectivity index (χ4n) is 10.4. The zero-order chi connectivity index (χ0) is 55.7. The summed E-state index contributed by atoms with van der Waals surface area (Å²) < 4.78 is 17.0. The molecule has 6 nitrogen and oxygen atoms in total. The molecule has 0 aliphatic rings. The van der Waals surface area contributed by atoms with Crippen LogP contribution in [-0.2, 0) is 28.6 Å². The number of esters is 3. The molecule has 0 spiro atoms. The minimum atomic E-state index is -0.777. The van der Waals surface area contributed by atoms with E-state index in [0.717, 1.165) is 83.5 Å². The molecule has 0 heterocycles. The molecule has 0 aromatic rings. The fraction of sp³-hybridized carbons (Fsp3) is 0.873. The highest BCUT2D eigenvalue weighted by Gasteiger charge is 2.19. The molecule has 0 aliphatic carbocycles. The van der Waals surface area contributed by atoms with Gasteiger partial charge < -0.3 is 14.2 Å². The van der Waals surface area contributed by atoms with Crippen LogP contribution in [0.15, 0.2) is 36.5 Å². The van der Waals surface area contributed by atoms with Crippen molar-refractivity contribution < 1.29 is 28.6 Å². The second-order valence-corrected chi connectivity index (χ2v) is 23.4. The molecule has 0 aliphatic heterocycles. The van der Waals surface area contributed by atoms with Gasteiger partial charge in [-0.2, -0.15) is 0 Å². The van der Waals surface area contributed by atoms with Crippen molar-refractivity contribution in [2.75, 3.05) is 13.2 Å². The van der Waals surface area contributed by atoms with Crippen molar-refractivity contribution in [1.29, 1.82) is 0 Å². The molecule has 452 valence electrons. The summed E-state index contributed by atoms with van der Waals surface area (Å²) in [4.78, 5) is 38.4. The van der Waals surface area contributed by atoms with Crippen molar-refractivity contribution >= 4 is 17.9 Å². The Kier molecular flexibility index (Phi) is 64.1. The molecule has 0 bridgehead atoms. The van der Waals surface area contributed by atoms with Gasteiger partial charge in [-0.05, 0) is 70.6 Å². The summed E-state index contributed by atoms with van der Waals surface area (Å²) in [6.45, 7) is 6.64. The number of unbranched alkanes of at least 4 members (excludes halogenated alkanes) is 47. The van der Waals surface area contributed by atoms with E-state index in [1.165, 1.54) is 257 Å². The zero-order valence-corrected chi connectivity index (χ0v) is 52.0. The van der Waals surface area contributed by atoms with Gasteiger partial charge in [0.2, 0.25) is 0 Å². The lowest BCUT2D eigenvalue weighted by Crippen LogP contribution is -2.30. The molecule has 0 rings (SSSR count). The van der Waals surface area contributed by atoms with Gasteiger partial charge in [-0.3, -0.25) is 14.4 Å². The van der Waals surface area contributed by atoms with Crippen LogP contribution in [0.25, 0.3) is 0 Å². The number of rotatable bonds is 64. The third kappa shape index (κ3) is 64.3. The number of hydrogen-bond donors (Lipinski definition) is 0. The first kappa shape index (κ1) is 74.6. The summed E-state index contributed by atoms with van der Waals surface area (Å²) in [5.74, 6) is -0.861. The number of carbonyl (C=O) groups excluding carboxylic acids is 3. The SMILES string of the molecule is CCC/C=C\C/C=C\CCCCCCCC(=O)OCC(COC(=O)CCCCCCCCCCCCC/C=C\CCCCCCCCCC)OC(=O)CCCCCCCCCCCCCCCCCCCCCCCCC. The maximum absolute atomic E-state index is 12.9. The fourth-order valence-corrected chi connectivity index (χ4v) is 10.4. The minimum Gasteiger partial charge on any atom is -0.462 e. The highest BCUT2D eigenvalue weighted by Crippen LogP contribution is 2.18. The van der Waals surface area contributed by atoms with Gasteiger partial charge in [-0.15, -0.1) is 0 Å². The van der Waals surface area contributed by atoms with Crippen molar-refractivity contribution in [3.05, 3.63) is 36.5 Å². The van der Waals surface area contributed by atoms with E-state index in [9.17, 15) is 14.4 Å². The maximum atomic E-state index is 12.9. The van der Waals surface area contributed by atoms with Gasteiger partial charge in [0.15, 0.2) is 6.10 Å². The predicted molar refractivity (Wildman–Crippen MR) is 335 cm³/mol. The second kappa shape index (κ2) is 66.1. The van der Waals surface area contributed by atoms with Crippen LogP contribution in [0.5, 0.6) is 0 Å². The number of carbonyl (C=O) groups is 3. The monoisotopic (exact) mass is 1080 g/mol. The molecule has 0 saturated heterocycles. The molecule has 0 aromatic carbocycles. The number of allylic oxidation sites excluding steroid dienone is 6. The van der Waals surface area contributed by atoms with E-state index >= 15 is 0 Å². The van der Waals surface area contributed by atoms with E-state index in [0.29, 0.717) is 19.3 Å². The molecule has 0 N–H and O–H groups in total. The number of ether oxygens (including phenoxy) is 3. The summed E-state index contributed by atoms with van der Waals surface area (Å²) >= 11 is 0. The van der Waals surface area contributed by atoms with Crippen LogP contribution < -0.4 is 0 Å². The predicted octanol–water partition coefficient (Wildman–Crippen LogP) is 23.6. The van der Waals surface area contributed by atoms with Crippen LogP contribution in [0.3, 0.4) is 0 Å². The van der Waals surface area contributed by atoms with Crippen LogP contribution in [0, 0.1) is 0 Å². The molecule has 0 amide bonds. The van der Waals surface area contributed by atoms with E-state index in [-0.39, 0.29) is 31.1 Å². The van der Waals surface area contributed by atoms with Gasteiger partial charge in [-0.1, -0.05) is 327 Å². The first-order chi connectivity index (χ1) is 38.0. The lowest BCUT2D eigenvalue weighted by Gasteiger charge is -2.18. The Hall–Kier alpha value is -2.37. The first-order valence-corrected chi connectivity index (χ1v) is 34.5. The summed E-state index contributed by atoms with van der Waals surface area (Å²) in [5, 5.41) is 0. The van der Waals surface area contributed by atoms with E-state index in [1.54, 1.807) is 0 Å². The minimum absolute atomic E-state index is 0.0726. The zero-order valence-electron chi connectivity index (χ0n) is 52.0. The maximum Gasteiger partial charge on any atom is 0.306 e. The largest absolute Gasteiger partial charge is 0.462 e. The Bertz CT molecular complexity index is 1290. The Balaban J connectivity index is 4.24. The summed E-state index contributed by atoms with van der Waals surface area (Å²) in [6, 6.07) is 0. The summed E-state index contributed by atoms with van der Waals surface area (Å²) in [6.07, 6.45) is 81.7. The van der Waals surface area contributed by atoms with Crippen LogP contribution in [0.1, 0.15) is 380 Å². The topological polar surface area (TPSA) is 78.9 Å². The van der Waals surface area contributed by atoms with Crippen LogP contribution >= 0.6 is 0 Å². The van der Waals surface area contributed by atoms with Gasteiger partial charge >= 0.3 is 17.9 Å². The van der Waals surface area contributed by atoms with E-state index < -0.39 is 6.10 Å². The molecule has 1 unspecified atom stereocenters. The van der Waals surface area contributed by atoms with Crippen molar-refractivity contribution in [1.82, 2.24) is 0 Å².